The second-order valence-corrected chi connectivity index (χ2v) is 7.03. The lowest BCUT2D eigenvalue weighted by Gasteiger charge is -2.16. The molecule has 5 heteroatoms. The summed E-state index contributed by atoms with van der Waals surface area (Å²) in [7, 11) is 0. The van der Waals surface area contributed by atoms with Gasteiger partial charge in [-0.05, 0) is 24.7 Å². The van der Waals surface area contributed by atoms with Crippen LogP contribution in [-0.2, 0) is 11.3 Å². The number of allylic oxidation sites excluding steroid dienone is 2. The number of amides is 1. The fourth-order valence-electron chi connectivity index (χ4n) is 3.40. The Bertz CT molecular complexity index is 710. The van der Waals surface area contributed by atoms with E-state index < -0.39 is 0 Å². The summed E-state index contributed by atoms with van der Waals surface area (Å²) in [6.45, 7) is 0.473. The van der Waals surface area contributed by atoms with Gasteiger partial charge in [0, 0.05) is 11.5 Å². The maximum atomic E-state index is 12.3. The van der Waals surface area contributed by atoms with Crippen molar-refractivity contribution in [2.24, 2.45) is 17.8 Å². The first-order valence-electron chi connectivity index (χ1n) is 7.63. The van der Waals surface area contributed by atoms with E-state index in [1.54, 1.807) is 0 Å². The number of fused-ring (bicyclic) bond motifs is 2. The minimum atomic E-state index is 0.150. The standard InChI is InChI=1S/C17H17N3OS/c21-16(14-9-11-6-7-13(14)8-11)18-10-15-19-20-17(22-15)12-4-2-1-3-5-12/h1-7,11,13-14H,8-10H2,(H,18,21). The average Bonchev–Trinajstić information content (AvgIpc) is 3.29. The Morgan fingerprint density at radius 3 is 2.77 bits per heavy atom. The third kappa shape index (κ3) is 2.57. The van der Waals surface area contributed by atoms with Gasteiger partial charge in [-0.15, -0.1) is 10.2 Å². The molecule has 2 aromatic rings. The Morgan fingerprint density at radius 2 is 2.05 bits per heavy atom. The molecule has 0 radical (unpaired) electrons. The third-order valence-electron chi connectivity index (χ3n) is 4.52. The summed E-state index contributed by atoms with van der Waals surface area (Å²) in [5.74, 6) is 1.37. The van der Waals surface area contributed by atoms with E-state index in [0.717, 1.165) is 28.4 Å². The lowest BCUT2D eigenvalue weighted by molar-refractivity contribution is -0.125. The first-order valence-corrected chi connectivity index (χ1v) is 8.45. The Morgan fingerprint density at radius 1 is 1.18 bits per heavy atom. The minimum absolute atomic E-state index is 0.150. The fraction of sp³-hybridized carbons (Fsp3) is 0.353. The van der Waals surface area contributed by atoms with Crippen molar-refractivity contribution in [3.05, 3.63) is 47.5 Å². The van der Waals surface area contributed by atoms with Crippen LogP contribution in [0.1, 0.15) is 17.8 Å². The van der Waals surface area contributed by atoms with Crippen molar-refractivity contribution in [3.8, 4) is 10.6 Å². The second kappa shape index (κ2) is 5.65. The van der Waals surface area contributed by atoms with Gasteiger partial charge in [0.15, 0.2) is 0 Å². The quantitative estimate of drug-likeness (QED) is 0.883. The van der Waals surface area contributed by atoms with Crippen LogP contribution in [0.25, 0.3) is 10.6 Å². The van der Waals surface area contributed by atoms with Crippen molar-refractivity contribution >= 4 is 17.2 Å². The predicted octanol–water partition coefficient (Wildman–Crippen LogP) is 3.03. The molecule has 112 valence electrons. The molecule has 3 unspecified atom stereocenters. The van der Waals surface area contributed by atoms with Crippen LogP contribution in [0.15, 0.2) is 42.5 Å². The molecule has 1 aromatic heterocycles. The second-order valence-electron chi connectivity index (χ2n) is 5.97. The van der Waals surface area contributed by atoms with Gasteiger partial charge in [-0.2, -0.15) is 0 Å². The summed E-state index contributed by atoms with van der Waals surface area (Å²) in [4.78, 5) is 12.3. The average molecular weight is 311 g/mol. The first kappa shape index (κ1) is 13.6. The summed E-state index contributed by atoms with van der Waals surface area (Å²) in [6.07, 6.45) is 6.61. The molecule has 22 heavy (non-hydrogen) atoms. The zero-order valence-corrected chi connectivity index (χ0v) is 12.9. The SMILES string of the molecule is O=C(NCc1nnc(-c2ccccc2)s1)C1CC2C=CC1C2. The van der Waals surface area contributed by atoms with Gasteiger partial charge in [0.1, 0.15) is 10.0 Å². The topological polar surface area (TPSA) is 54.9 Å². The largest absolute Gasteiger partial charge is 0.349 e. The van der Waals surface area contributed by atoms with Crippen LogP contribution < -0.4 is 5.32 Å². The normalized spacial score (nSPS) is 25.5. The van der Waals surface area contributed by atoms with Gasteiger partial charge in [-0.1, -0.05) is 53.8 Å². The molecule has 4 nitrogen and oxygen atoms in total. The van der Waals surface area contributed by atoms with E-state index in [1.165, 1.54) is 11.3 Å². The van der Waals surface area contributed by atoms with Crippen LogP contribution in [0, 0.1) is 17.8 Å². The Balaban J connectivity index is 1.37. The van der Waals surface area contributed by atoms with E-state index in [9.17, 15) is 4.79 Å². The number of rotatable bonds is 4. The van der Waals surface area contributed by atoms with E-state index in [-0.39, 0.29) is 11.8 Å². The minimum Gasteiger partial charge on any atom is -0.349 e. The van der Waals surface area contributed by atoms with Gasteiger partial charge in [-0.25, -0.2) is 0 Å². The van der Waals surface area contributed by atoms with Crippen LogP contribution in [0.5, 0.6) is 0 Å². The number of hydrogen-bond acceptors (Lipinski definition) is 4. The maximum Gasteiger partial charge on any atom is 0.224 e. The van der Waals surface area contributed by atoms with Crippen LogP contribution in [-0.4, -0.2) is 16.1 Å². The zero-order valence-electron chi connectivity index (χ0n) is 12.1. The Kier molecular flexibility index (Phi) is 3.50. The van der Waals surface area contributed by atoms with Crippen molar-refractivity contribution < 1.29 is 4.79 Å². The number of nitrogens with one attached hydrogen (secondary N) is 1. The van der Waals surface area contributed by atoms with Crippen molar-refractivity contribution in [3.63, 3.8) is 0 Å². The predicted molar refractivity (Wildman–Crippen MR) is 86.0 cm³/mol. The van der Waals surface area contributed by atoms with Gasteiger partial charge in [0.05, 0.1) is 6.54 Å². The number of aromatic nitrogens is 2. The molecule has 4 rings (SSSR count). The monoisotopic (exact) mass is 311 g/mol. The van der Waals surface area contributed by atoms with E-state index in [1.807, 2.05) is 30.3 Å². The van der Waals surface area contributed by atoms with Crippen LogP contribution in [0.4, 0.5) is 0 Å². The molecular weight excluding hydrogens is 294 g/mol. The molecule has 0 spiro atoms. The van der Waals surface area contributed by atoms with Crippen molar-refractivity contribution in [1.29, 1.82) is 0 Å². The first-order chi connectivity index (χ1) is 10.8. The molecule has 2 aliphatic carbocycles. The molecule has 1 N–H and O–H groups in total. The van der Waals surface area contributed by atoms with Crippen molar-refractivity contribution in [2.75, 3.05) is 0 Å². The zero-order chi connectivity index (χ0) is 14.9. The lowest BCUT2D eigenvalue weighted by atomic mass is 9.93. The van der Waals surface area contributed by atoms with Gasteiger partial charge in [-0.3, -0.25) is 4.79 Å². The molecule has 2 bridgehead atoms. The number of carbonyl (C=O) groups excluding carboxylic acids is 1. The molecule has 0 aliphatic heterocycles. The Hall–Kier alpha value is -2.01. The molecule has 1 fully saturated rings. The number of carbonyl (C=O) groups is 1. The molecule has 1 amide bonds. The molecular formula is C17H17N3OS. The van der Waals surface area contributed by atoms with Gasteiger partial charge >= 0.3 is 0 Å². The van der Waals surface area contributed by atoms with E-state index in [4.69, 9.17) is 0 Å². The molecule has 1 heterocycles. The highest BCUT2D eigenvalue weighted by molar-refractivity contribution is 7.14. The maximum absolute atomic E-state index is 12.3. The van der Waals surface area contributed by atoms with E-state index in [0.29, 0.717) is 18.4 Å². The van der Waals surface area contributed by atoms with Gasteiger partial charge in [0.25, 0.3) is 0 Å². The summed E-state index contributed by atoms with van der Waals surface area (Å²) >= 11 is 1.53. The summed E-state index contributed by atoms with van der Waals surface area (Å²) in [5, 5.41) is 13.2. The van der Waals surface area contributed by atoms with Gasteiger partial charge in [0.2, 0.25) is 5.91 Å². The fourth-order valence-corrected chi connectivity index (χ4v) is 4.18. The lowest BCUT2D eigenvalue weighted by Crippen LogP contribution is -2.32. The van der Waals surface area contributed by atoms with E-state index in [2.05, 4.69) is 27.7 Å². The van der Waals surface area contributed by atoms with Gasteiger partial charge < -0.3 is 5.32 Å². The molecule has 1 saturated carbocycles. The molecule has 1 aromatic carbocycles. The number of benzene rings is 1. The van der Waals surface area contributed by atoms with Crippen LogP contribution >= 0.6 is 11.3 Å². The molecule has 3 atom stereocenters. The van der Waals surface area contributed by atoms with E-state index >= 15 is 0 Å². The van der Waals surface area contributed by atoms with Crippen molar-refractivity contribution in [2.45, 2.75) is 19.4 Å². The highest BCUT2D eigenvalue weighted by atomic mass is 32.1. The van der Waals surface area contributed by atoms with Crippen LogP contribution in [0.2, 0.25) is 0 Å². The van der Waals surface area contributed by atoms with Crippen molar-refractivity contribution in [1.82, 2.24) is 15.5 Å². The smallest absolute Gasteiger partial charge is 0.224 e. The number of hydrogen-bond donors (Lipinski definition) is 1. The summed E-state index contributed by atoms with van der Waals surface area (Å²) in [6, 6.07) is 9.99. The number of nitrogens with zero attached hydrogens (tertiary/aromatic N) is 2. The highest BCUT2D eigenvalue weighted by Gasteiger charge is 2.39. The van der Waals surface area contributed by atoms with Crippen LogP contribution in [0.3, 0.4) is 0 Å². The summed E-state index contributed by atoms with van der Waals surface area (Å²) in [5.41, 5.74) is 1.07. The molecule has 0 saturated heterocycles. The summed E-state index contributed by atoms with van der Waals surface area (Å²) < 4.78 is 0. The highest BCUT2D eigenvalue weighted by Crippen LogP contribution is 2.43. The third-order valence-corrected chi connectivity index (χ3v) is 5.49. The Labute approximate surface area is 133 Å². The molecule has 2 aliphatic rings.